The van der Waals surface area contributed by atoms with Gasteiger partial charge in [-0.15, -0.1) is 0 Å². The largest absolute Gasteiger partial charge is 0.377 e. The lowest BCUT2D eigenvalue weighted by Gasteiger charge is -2.38. The summed E-state index contributed by atoms with van der Waals surface area (Å²) in [5.74, 6) is 1.39. The lowest BCUT2D eigenvalue weighted by Crippen LogP contribution is -2.40. The number of hydrogen-bond acceptors (Lipinski definition) is 3. The van der Waals surface area contributed by atoms with Gasteiger partial charge in [-0.1, -0.05) is 20.8 Å². The molecule has 2 rings (SSSR count). The Morgan fingerprint density at radius 3 is 2.60 bits per heavy atom. The monoisotopic (exact) mass is 281 g/mol. The number of nitrogens with zero attached hydrogens (tertiary/aromatic N) is 1. The number of hydrogen-bond donors (Lipinski definition) is 0. The summed E-state index contributed by atoms with van der Waals surface area (Å²) in [6.45, 7) is 9.71. The normalized spacial score (nSPS) is 32.0. The van der Waals surface area contributed by atoms with Crippen LogP contribution in [-0.2, 0) is 9.53 Å². The van der Waals surface area contributed by atoms with E-state index in [2.05, 4.69) is 32.7 Å². The van der Waals surface area contributed by atoms with Crippen molar-refractivity contribution in [1.82, 2.24) is 4.90 Å². The zero-order valence-corrected chi connectivity index (χ0v) is 13.7. The first-order valence-electron chi connectivity index (χ1n) is 8.19. The van der Waals surface area contributed by atoms with Crippen LogP contribution in [0.25, 0.3) is 0 Å². The molecule has 0 amide bonds. The second-order valence-electron chi connectivity index (χ2n) is 7.86. The van der Waals surface area contributed by atoms with Crippen LogP contribution in [0.3, 0.4) is 0 Å². The molecule has 3 unspecified atom stereocenters. The Bertz CT molecular complexity index is 328. The van der Waals surface area contributed by atoms with Crippen molar-refractivity contribution >= 4 is 5.78 Å². The molecule has 0 aromatic rings. The topological polar surface area (TPSA) is 29.5 Å². The van der Waals surface area contributed by atoms with Gasteiger partial charge >= 0.3 is 0 Å². The van der Waals surface area contributed by atoms with Crippen molar-refractivity contribution in [3.63, 3.8) is 0 Å². The summed E-state index contributed by atoms with van der Waals surface area (Å²) in [4.78, 5) is 14.5. The lowest BCUT2D eigenvalue weighted by atomic mass is 9.68. The SMILES string of the molecule is CN(CC1CCCO1)CC1CC(C(C)(C)C)CCC1=O. The third-order valence-corrected chi connectivity index (χ3v) is 5.06. The van der Waals surface area contributed by atoms with E-state index in [0.29, 0.717) is 23.2 Å². The van der Waals surface area contributed by atoms with Crippen molar-refractivity contribution in [2.75, 3.05) is 26.7 Å². The van der Waals surface area contributed by atoms with Crippen molar-refractivity contribution < 1.29 is 9.53 Å². The van der Waals surface area contributed by atoms with Gasteiger partial charge in [0.25, 0.3) is 0 Å². The van der Waals surface area contributed by atoms with Gasteiger partial charge in [0, 0.05) is 32.0 Å². The molecule has 1 aliphatic carbocycles. The summed E-state index contributed by atoms with van der Waals surface area (Å²) < 4.78 is 5.69. The van der Waals surface area contributed by atoms with E-state index in [4.69, 9.17) is 4.74 Å². The number of Topliss-reactive ketones (excluding diaryl/α,β-unsaturated/α-hetero) is 1. The van der Waals surface area contributed by atoms with E-state index in [1.807, 2.05) is 0 Å². The van der Waals surface area contributed by atoms with E-state index < -0.39 is 0 Å². The van der Waals surface area contributed by atoms with Crippen LogP contribution in [0, 0.1) is 17.3 Å². The number of likely N-dealkylation sites (N-methyl/N-ethyl adjacent to an activating group) is 1. The van der Waals surface area contributed by atoms with Gasteiger partial charge in [0.05, 0.1) is 6.10 Å². The van der Waals surface area contributed by atoms with Crippen molar-refractivity contribution in [2.45, 2.75) is 59.0 Å². The molecule has 0 radical (unpaired) electrons. The van der Waals surface area contributed by atoms with Crippen LogP contribution in [0.5, 0.6) is 0 Å². The van der Waals surface area contributed by atoms with Gasteiger partial charge in [-0.25, -0.2) is 0 Å². The van der Waals surface area contributed by atoms with Gasteiger partial charge in [0.15, 0.2) is 0 Å². The molecule has 1 aliphatic heterocycles. The van der Waals surface area contributed by atoms with Gasteiger partial charge in [-0.3, -0.25) is 4.79 Å². The summed E-state index contributed by atoms with van der Waals surface area (Å²) in [7, 11) is 2.13. The summed E-state index contributed by atoms with van der Waals surface area (Å²) in [5.41, 5.74) is 0.325. The average Bonchev–Trinajstić information content (AvgIpc) is 2.83. The second kappa shape index (κ2) is 6.57. The molecular formula is C17H31NO2. The van der Waals surface area contributed by atoms with Crippen LogP contribution < -0.4 is 0 Å². The highest BCUT2D eigenvalue weighted by molar-refractivity contribution is 5.82. The molecule has 3 atom stereocenters. The van der Waals surface area contributed by atoms with E-state index in [9.17, 15) is 4.79 Å². The zero-order valence-electron chi connectivity index (χ0n) is 13.7. The first-order chi connectivity index (χ1) is 9.36. The number of rotatable bonds is 4. The quantitative estimate of drug-likeness (QED) is 0.793. The van der Waals surface area contributed by atoms with Gasteiger partial charge in [-0.05, 0) is 44.1 Å². The Balaban J connectivity index is 1.84. The van der Waals surface area contributed by atoms with Crippen LogP contribution in [0.15, 0.2) is 0 Å². The number of ketones is 1. The molecule has 1 saturated carbocycles. The lowest BCUT2D eigenvalue weighted by molar-refractivity contribution is -0.127. The summed E-state index contributed by atoms with van der Waals surface area (Å²) in [5, 5.41) is 0. The molecule has 1 heterocycles. The molecule has 116 valence electrons. The Morgan fingerprint density at radius 2 is 2.00 bits per heavy atom. The third kappa shape index (κ3) is 4.29. The van der Waals surface area contributed by atoms with Crippen molar-refractivity contribution in [3.8, 4) is 0 Å². The van der Waals surface area contributed by atoms with Crippen LogP contribution in [0.4, 0.5) is 0 Å². The second-order valence-corrected chi connectivity index (χ2v) is 7.86. The molecule has 0 spiro atoms. The Hall–Kier alpha value is -0.410. The van der Waals surface area contributed by atoms with E-state index >= 15 is 0 Å². The molecule has 2 fully saturated rings. The maximum Gasteiger partial charge on any atom is 0.137 e. The molecule has 3 nitrogen and oxygen atoms in total. The van der Waals surface area contributed by atoms with Crippen LogP contribution >= 0.6 is 0 Å². The fourth-order valence-electron chi connectivity index (χ4n) is 3.66. The highest BCUT2D eigenvalue weighted by Crippen LogP contribution is 2.39. The molecule has 0 aromatic carbocycles. The van der Waals surface area contributed by atoms with Crippen LogP contribution in [-0.4, -0.2) is 43.5 Å². The van der Waals surface area contributed by atoms with Crippen molar-refractivity contribution in [3.05, 3.63) is 0 Å². The van der Waals surface area contributed by atoms with E-state index in [-0.39, 0.29) is 5.92 Å². The number of ether oxygens (including phenoxy) is 1. The predicted octanol–water partition coefficient (Wildman–Crippen LogP) is 3.13. The first kappa shape index (κ1) is 16.0. The minimum Gasteiger partial charge on any atom is -0.377 e. The molecule has 0 aromatic heterocycles. The standard InChI is InChI=1S/C17H31NO2/c1-17(2,3)14-7-8-16(19)13(10-14)11-18(4)12-15-6-5-9-20-15/h13-15H,5-12H2,1-4H3. The molecule has 3 heteroatoms. The summed E-state index contributed by atoms with van der Waals surface area (Å²) >= 11 is 0. The van der Waals surface area contributed by atoms with Gasteiger partial charge in [0.1, 0.15) is 5.78 Å². The maximum atomic E-state index is 12.2. The van der Waals surface area contributed by atoms with Gasteiger partial charge < -0.3 is 9.64 Å². The average molecular weight is 281 g/mol. The minimum atomic E-state index is 0.236. The molecule has 1 saturated heterocycles. The van der Waals surface area contributed by atoms with Gasteiger partial charge in [-0.2, -0.15) is 0 Å². The Kier molecular flexibility index (Phi) is 5.25. The molecule has 20 heavy (non-hydrogen) atoms. The number of carbonyl (C=O) groups is 1. The molecular weight excluding hydrogens is 250 g/mol. The number of carbonyl (C=O) groups excluding carboxylic acids is 1. The van der Waals surface area contributed by atoms with Crippen molar-refractivity contribution in [2.24, 2.45) is 17.3 Å². The fraction of sp³-hybridized carbons (Fsp3) is 0.941. The zero-order chi connectivity index (χ0) is 14.8. The van der Waals surface area contributed by atoms with Crippen LogP contribution in [0.2, 0.25) is 0 Å². The highest BCUT2D eigenvalue weighted by Gasteiger charge is 2.35. The summed E-state index contributed by atoms with van der Waals surface area (Å²) in [6, 6.07) is 0. The minimum absolute atomic E-state index is 0.236. The molecule has 0 N–H and O–H groups in total. The van der Waals surface area contributed by atoms with E-state index in [1.165, 1.54) is 12.8 Å². The van der Waals surface area contributed by atoms with E-state index in [0.717, 1.165) is 39.0 Å². The third-order valence-electron chi connectivity index (χ3n) is 5.06. The Morgan fingerprint density at radius 1 is 1.25 bits per heavy atom. The Labute approximate surface area is 124 Å². The predicted molar refractivity (Wildman–Crippen MR) is 81.8 cm³/mol. The fourth-order valence-corrected chi connectivity index (χ4v) is 3.66. The highest BCUT2D eigenvalue weighted by atomic mass is 16.5. The smallest absolute Gasteiger partial charge is 0.137 e. The van der Waals surface area contributed by atoms with Gasteiger partial charge in [0.2, 0.25) is 0 Å². The summed E-state index contributed by atoms with van der Waals surface area (Å²) in [6.07, 6.45) is 5.67. The molecule has 0 bridgehead atoms. The van der Waals surface area contributed by atoms with E-state index in [1.54, 1.807) is 0 Å². The maximum absolute atomic E-state index is 12.2. The van der Waals surface area contributed by atoms with Crippen molar-refractivity contribution in [1.29, 1.82) is 0 Å². The molecule has 2 aliphatic rings. The van der Waals surface area contributed by atoms with Crippen LogP contribution in [0.1, 0.15) is 52.9 Å². The first-order valence-corrected chi connectivity index (χ1v) is 8.19.